The fourth-order valence-electron chi connectivity index (χ4n) is 4.28. The van der Waals surface area contributed by atoms with Crippen LogP contribution >= 0.6 is 0 Å². The Morgan fingerprint density at radius 2 is 1.76 bits per heavy atom. The van der Waals surface area contributed by atoms with Gasteiger partial charge in [-0.1, -0.05) is 12.1 Å². The summed E-state index contributed by atoms with van der Waals surface area (Å²) < 4.78 is 37.9. The zero-order valence-corrected chi connectivity index (χ0v) is 17.1. The lowest BCUT2D eigenvalue weighted by molar-refractivity contribution is -0.136. The van der Waals surface area contributed by atoms with Crippen molar-refractivity contribution in [1.29, 1.82) is 0 Å². The van der Waals surface area contributed by atoms with Crippen LogP contribution in [-0.4, -0.2) is 44.9 Å². The molecule has 0 radical (unpaired) electrons. The fraction of sp³-hybridized carbons (Fsp3) is 0.333. The molecular weight excluding hydrogens is 396 g/mol. The van der Waals surface area contributed by atoms with E-state index in [2.05, 4.69) is 0 Å². The maximum Gasteiger partial charge on any atom is 0.211 e. The molecule has 1 aliphatic heterocycles. The Balaban J connectivity index is 2.13. The summed E-state index contributed by atoms with van der Waals surface area (Å²) in [6, 6.07) is 6.00. The molecule has 0 aromatic heterocycles. The minimum Gasteiger partial charge on any atom is -0.496 e. The highest BCUT2D eigenvalue weighted by molar-refractivity contribution is 7.92. The third-order valence-corrected chi connectivity index (χ3v) is 7.67. The van der Waals surface area contributed by atoms with Gasteiger partial charge in [-0.15, -0.1) is 0 Å². The topological polar surface area (TPSA) is 107 Å². The molecule has 1 aliphatic carbocycles. The van der Waals surface area contributed by atoms with Gasteiger partial charge < -0.3 is 14.6 Å². The van der Waals surface area contributed by atoms with E-state index in [1.807, 2.05) is 0 Å². The van der Waals surface area contributed by atoms with Crippen molar-refractivity contribution in [2.75, 3.05) is 14.2 Å². The third-order valence-electron chi connectivity index (χ3n) is 5.81. The zero-order chi connectivity index (χ0) is 21.1. The van der Waals surface area contributed by atoms with E-state index in [0.717, 1.165) is 0 Å². The van der Waals surface area contributed by atoms with E-state index in [0.29, 0.717) is 11.1 Å². The Kier molecular flexibility index (Phi) is 4.32. The summed E-state index contributed by atoms with van der Waals surface area (Å²) in [4.78, 5) is 24.9. The van der Waals surface area contributed by atoms with Crippen molar-refractivity contribution in [3.63, 3.8) is 0 Å². The van der Waals surface area contributed by atoms with E-state index in [-0.39, 0.29) is 51.7 Å². The zero-order valence-electron chi connectivity index (χ0n) is 16.2. The summed E-state index contributed by atoms with van der Waals surface area (Å²) in [7, 11) is -1.41. The molecule has 1 atom stereocenters. The number of carbonyl (C=O) groups is 2. The normalized spacial score (nSPS) is 21.6. The van der Waals surface area contributed by atoms with Crippen LogP contribution in [0.15, 0.2) is 34.1 Å². The van der Waals surface area contributed by atoms with Crippen LogP contribution in [0, 0.1) is 0 Å². The predicted octanol–water partition coefficient (Wildman–Crippen LogP) is 1.89. The smallest absolute Gasteiger partial charge is 0.211 e. The SMILES string of the molecule is COc1c2c(c(OC)c3c1C(=O)c1ccccc1S3(=O)=O)C[C@@](O)(C(C)=O)CC2. The number of sulfone groups is 1. The molecule has 0 amide bonds. The molecule has 0 fully saturated rings. The van der Waals surface area contributed by atoms with Crippen molar-refractivity contribution in [1.82, 2.24) is 0 Å². The first-order valence-corrected chi connectivity index (χ1v) is 10.6. The summed E-state index contributed by atoms with van der Waals surface area (Å²) in [5.74, 6) is -0.732. The first-order valence-electron chi connectivity index (χ1n) is 9.09. The maximum absolute atomic E-state index is 13.5. The molecule has 0 unspecified atom stereocenters. The monoisotopic (exact) mass is 416 g/mol. The second-order valence-corrected chi connectivity index (χ2v) is 9.18. The summed E-state index contributed by atoms with van der Waals surface area (Å²) in [6.07, 6.45) is 0.272. The molecule has 0 saturated carbocycles. The molecule has 8 heteroatoms. The van der Waals surface area contributed by atoms with Crippen molar-refractivity contribution in [3.8, 4) is 11.5 Å². The number of ketones is 2. The quantitative estimate of drug-likeness (QED) is 0.695. The highest BCUT2D eigenvalue weighted by Gasteiger charge is 2.46. The van der Waals surface area contributed by atoms with E-state index in [9.17, 15) is 23.1 Å². The minimum absolute atomic E-state index is 0.0157. The first-order chi connectivity index (χ1) is 13.7. The number of hydrogen-bond acceptors (Lipinski definition) is 7. The summed E-state index contributed by atoms with van der Waals surface area (Å²) in [5, 5.41) is 10.8. The third kappa shape index (κ3) is 2.55. The van der Waals surface area contributed by atoms with Gasteiger partial charge in [0.1, 0.15) is 22.0 Å². The van der Waals surface area contributed by atoms with E-state index < -0.39 is 27.0 Å². The molecule has 0 bridgehead atoms. The molecular formula is C21H20O7S. The first kappa shape index (κ1) is 19.6. The Hall–Kier alpha value is -2.71. The lowest BCUT2D eigenvalue weighted by atomic mass is 9.76. The molecule has 1 N–H and O–H groups in total. The molecule has 2 aromatic rings. The van der Waals surface area contributed by atoms with Crippen LogP contribution in [0.5, 0.6) is 11.5 Å². The van der Waals surface area contributed by atoms with Gasteiger partial charge in [-0.3, -0.25) is 9.59 Å². The lowest BCUT2D eigenvalue weighted by Gasteiger charge is -2.35. The van der Waals surface area contributed by atoms with Gasteiger partial charge >= 0.3 is 0 Å². The van der Waals surface area contributed by atoms with Gasteiger partial charge in [0.05, 0.1) is 24.7 Å². The van der Waals surface area contributed by atoms with E-state index in [1.165, 1.54) is 33.3 Å². The molecule has 152 valence electrons. The van der Waals surface area contributed by atoms with Crippen LogP contribution in [0.2, 0.25) is 0 Å². The standard InChI is InChI=1S/C21H20O7S/c1-11(22)21(24)9-8-12-14(10-21)19(28-3)20-16(18(12)27-2)17(23)13-6-4-5-7-15(13)29(20,25)26/h4-7,24H,8-10H2,1-3H3/t21-/m1/s1. The van der Waals surface area contributed by atoms with Gasteiger partial charge in [-0.25, -0.2) is 8.42 Å². The van der Waals surface area contributed by atoms with Crippen LogP contribution in [0.1, 0.15) is 40.4 Å². The Labute approximate surface area is 168 Å². The molecule has 29 heavy (non-hydrogen) atoms. The van der Waals surface area contributed by atoms with E-state index in [1.54, 1.807) is 12.1 Å². The Morgan fingerprint density at radius 3 is 2.38 bits per heavy atom. The minimum atomic E-state index is -4.09. The number of Topliss-reactive ketones (excluding diaryl/α,β-unsaturated/α-hetero) is 1. The molecule has 7 nitrogen and oxygen atoms in total. The Bertz CT molecular complexity index is 1180. The Morgan fingerprint density at radius 1 is 1.10 bits per heavy atom. The van der Waals surface area contributed by atoms with Crippen LogP contribution in [0.4, 0.5) is 0 Å². The summed E-state index contributed by atoms with van der Waals surface area (Å²) >= 11 is 0. The van der Waals surface area contributed by atoms with Crippen LogP contribution < -0.4 is 9.47 Å². The average molecular weight is 416 g/mol. The van der Waals surface area contributed by atoms with E-state index in [4.69, 9.17) is 9.47 Å². The molecule has 1 heterocycles. The second kappa shape index (κ2) is 6.40. The van der Waals surface area contributed by atoms with Gasteiger partial charge in [0, 0.05) is 23.1 Å². The number of aliphatic hydroxyl groups is 1. The average Bonchev–Trinajstić information content (AvgIpc) is 2.70. The number of carbonyl (C=O) groups excluding carboxylic acids is 2. The summed E-state index contributed by atoms with van der Waals surface area (Å²) in [5.41, 5.74) is -0.647. The van der Waals surface area contributed by atoms with Crippen LogP contribution in [0.25, 0.3) is 0 Å². The molecule has 4 rings (SSSR count). The number of ether oxygens (including phenoxy) is 2. The molecule has 0 saturated heterocycles. The molecule has 0 spiro atoms. The lowest BCUT2D eigenvalue weighted by Crippen LogP contribution is -2.43. The van der Waals surface area contributed by atoms with Crippen molar-refractivity contribution in [2.45, 2.75) is 41.6 Å². The predicted molar refractivity (Wildman–Crippen MR) is 103 cm³/mol. The molecule has 2 aromatic carbocycles. The maximum atomic E-state index is 13.5. The number of fused-ring (bicyclic) bond motifs is 3. The highest BCUT2D eigenvalue weighted by Crippen LogP contribution is 2.50. The number of rotatable bonds is 3. The van der Waals surface area contributed by atoms with E-state index >= 15 is 0 Å². The van der Waals surface area contributed by atoms with Crippen molar-refractivity contribution >= 4 is 21.4 Å². The fourth-order valence-corrected chi connectivity index (χ4v) is 6.11. The number of hydrogen-bond donors (Lipinski definition) is 1. The van der Waals surface area contributed by atoms with Crippen LogP contribution in [-0.2, 0) is 27.5 Å². The number of methoxy groups -OCH3 is 2. The van der Waals surface area contributed by atoms with Crippen molar-refractivity contribution < 1.29 is 32.6 Å². The van der Waals surface area contributed by atoms with Gasteiger partial charge in [-0.2, -0.15) is 0 Å². The highest BCUT2D eigenvalue weighted by atomic mass is 32.2. The largest absolute Gasteiger partial charge is 0.496 e. The molecule has 2 aliphatic rings. The van der Waals surface area contributed by atoms with Gasteiger partial charge in [0.15, 0.2) is 11.6 Å². The summed E-state index contributed by atoms with van der Waals surface area (Å²) in [6.45, 7) is 1.30. The van der Waals surface area contributed by atoms with Gasteiger partial charge in [-0.05, 0) is 31.9 Å². The van der Waals surface area contributed by atoms with Gasteiger partial charge in [0.2, 0.25) is 9.84 Å². The second-order valence-electron chi connectivity index (χ2n) is 7.32. The van der Waals surface area contributed by atoms with Crippen LogP contribution in [0.3, 0.4) is 0 Å². The van der Waals surface area contributed by atoms with Crippen molar-refractivity contribution in [2.24, 2.45) is 0 Å². The van der Waals surface area contributed by atoms with Gasteiger partial charge in [0.25, 0.3) is 0 Å². The number of benzene rings is 2. The van der Waals surface area contributed by atoms with Crippen molar-refractivity contribution in [3.05, 3.63) is 46.5 Å².